The molecule has 1 saturated carbocycles. The third-order valence-electron chi connectivity index (χ3n) is 8.14. The first kappa shape index (κ1) is 18.1. The summed E-state index contributed by atoms with van der Waals surface area (Å²) in [7, 11) is 1.99. The second-order valence-electron chi connectivity index (χ2n) is 9.42. The van der Waals surface area contributed by atoms with Gasteiger partial charge in [-0.1, -0.05) is 19.1 Å². The molecular formula is C22H29N3O3. The van der Waals surface area contributed by atoms with E-state index in [1.54, 1.807) is 6.07 Å². The largest absolute Gasteiger partial charge is 0.393 e. The molecule has 0 spiro atoms. The van der Waals surface area contributed by atoms with Crippen molar-refractivity contribution in [3.05, 3.63) is 39.6 Å². The average molecular weight is 383 g/mol. The minimum absolute atomic E-state index is 0.137. The lowest BCUT2D eigenvalue weighted by atomic mass is 9.62. The summed E-state index contributed by atoms with van der Waals surface area (Å²) in [6, 6.07) is 5.47. The minimum atomic E-state index is -0.260. The number of aryl methyl sites for hydroxylation is 1. The van der Waals surface area contributed by atoms with Gasteiger partial charge < -0.3 is 9.67 Å². The van der Waals surface area contributed by atoms with Crippen LogP contribution in [0.2, 0.25) is 0 Å². The van der Waals surface area contributed by atoms with Crippen molar-refractivity contribution >= 4 is 16.6 Å². The van der Waals surface area contributed by atoms with Crippen LogP contribution >= 0.6 is 0 Å². The first-order valence-electron chi connectivity index (χ1n) is 10.5. The monoisotopic (exact) mass is 383 g/mol. The van der Waals surface area contributed by atoms with Crippen molar-refractivity contribution in [2.24, 2.45) is 24.8 Å². The smallest absolute Gasteiger partial charge is 0.293 e. The van der Waals surface area contributed by atoms with Crippen LogP contribution in [0.1, 0.15) is 44.4 Å². The summed E-state index contributed by atoms with van der Waals surface area (Å²) in [4.78, 5) is 14.0. The van der Waals surface area contributed by atoms with Crippen LogP contribution in [0.3, 0.4) is 0 Å². The number of aromatic nitrogens is 1. The van der Waals surface area contributed by atoms with E-state index in [0.29, 0.717) is 17.8 Å². The molecular weight excluding hydrogens is 354 g/mol. The van der Waals surface area contributed by atoms with Crippen molar-refractivity contribution < 1.29 is 10.0 Å². The van der Waals surface area contributed by atoms with E-state index >= 15 is 0 Å². The second-order valence-corrected chi connectivity index (χ2v) is 9.42. The number of hydrogen-bond donors (Lipinski definition) is 1. The van der Waals surface area contributed by atoms with Crippen molar-refractivity contribution in [2.75, 3.05) is 13.1 Å². The fourth-order valence-corrected chi connectivity index (χ4v) is 6.72. The van der Waals surface area contributed by atoms with Gasteiger partial charge in [-0.15, -0.1) is 0 Å². The highest BCUT2D eigenvalue weighted by molar-refractivity contribution is 5.93. The highest BCUT2D eigenvalue weighted by Crippen LogP contribution is 2.53. The van der Waals surface area contributed by atoms with Gasteiger partial charge in [-0.2, -0.15) is 0 Å². The molecule has 6 nitrogen and oxygen atoms in total. The Morgan fingerprint density at radius 3 is 2.86 bits per heavy atom. The predicted molar refractivity (Wildman–Crippen MR) is 108 cm³/mol. The number of hydrogen-bond acceptors (Lipinski definition) is 4. The normalized spacial score (nSPS) is 35.3. The number of benzene rings is 1. The van der Waals surface area contributed by atoms with E-state index in [4.69, 9.17) is 0 Å². The maximum atomic E-state index is 11.7. The number of fused-ring (bicyclic) bond motifs is 6. The van der Waals surface area contributed by atoms with Crippen LogP contribution in [0, 0.1) is 27.9 Å². The van der Waals surface area contributed by atoms with Gasteiger partial charge in [0.1, 0.15) is 5.52 Å². The molecule has 1 saturated heterocycles. The molecule has 3 aliphatic rings. The van der Waals surface area contributed by atoms with Crippen LogP contribution in [0.25, 0.3) is 10.9 Å². The Bertz CT molecular complexity index is 968. The molecule has 28 heavy (non-hydrogen) atoms. The molecule has 2 aromatic rings. The molecule has 1 aromatic heterocycles. The highest BCUT2D eigenvalue weighted by atomic mass is 16.6. The Hall–Kier alpha value is -1.92. The maximum Gasteiger partial charge on any atom is 0.293 e. The van der Waals surface area contributed by atoms with Crippen molar-refractivity contribution in [3.8, 4) is 0 Å². The lowest BCUT2D eigenvalue weighted by Gasteiger charge is -2.56. The molecule has 5 atom stereocenters. The summed E-state index contributed by atoms with van der Waals surface area (Å²) in [5, 5.41) is 23.2. The highest BCUT2D eigenvalue weighted by Gasteiger charge is 2.52. The summed E-state index contributed by atoms with van der Waals surface area (Å²) in [6.07, 6.45) is 3.78. The molecule has 1 aromatic carbocycles. The summed E-state index contributed by atoms with van der Waals surface area (Å²) >= 11 is 0. The Labute approximate surface area is 165 Å². The van der Waals surface area contributed by atoms with Gasteiger partial charge in [0.2, 0.25) is 0 Å². The quantitative estimate of drug-likeness (QED) is 0.603. The number of nitro benzene ring substituents is 1. The van der Waals surface area contributed by atoms with Gasteiger partial charge >= 0.3 is 0 Å². The third kappa shape index (κ3) is 2.28. The van der Waals surface area contributed by atoms with Gasteiger partial charge in [0.25, 0.3) is 5.69 Å². The fraction of sp³-hybridized carbons (Fsp3) is 0.636. The van der Waals surface area contributed by atoms with E-state index in [1.165, 1.54) is 11.3 Å². The van der Waals surface area contributed by atoms with Crippen LogP contribution in [-0.2, 0) is 19.0 Å². The molecule has 0 amide bonds. The Morgan fingerprint density at radius 2 is 2.11 bits per heavy atom. The third-order valence-corrected chi connectivity index (χ3v) is 8.14. The molecule has 0 radical (unpaired) electrons. The van der Waals surface area contributed by atoms with Crippen molar-refractivity contribution in [3.63, 3.8) is 0 Å². The molecule has 0 bridgehead atoms. The molecule has 3 heterocycles. The number of aliphatic hydroxyl groups excluding tert-OH is 1. The van der Waals surface area contributed by atoms with E-state index in [2.05, 4.69) is 23.3 Å². The Kier molecular flexibility index (Phi) is 3.91. The summed E-state index contributed by atoms with van der Waals surface area (Å²) in [5.41, 5.74) is 3.33. The zero-order valence-electron chi connectivity index (χ0n) is 16.9. The summed E-state index contributed by atoms with van der Waals surface area (Å²) < 4.78 is 2.10. The topological polar surface area (TPSA) is 71.5 Å². The predicted octanol–water partition coefficient (Wildman–Crippen LogP) is 3.59. The molecule has 150 valence electrons. The number of aliphatic hydroxyl groups is 1. The van der Waals surface area contributed by atoms with Crippen LogP contribution in [0.4, 0.5) is 5.69 Å². The van der Waals surface area contributed by atoms with Crippen LogP contribution in [0.5, 0.6) is 0 Å². The van der Waals surface area contributed by atoms with Crippen LogP contribution < -0.4 is 0 Å². The van der Waals surface area contributed by atoms with Gasteiger partial charge in [0.15, 0.2) is 0 Å². The lowest BCUT2D eigenvalue weighted by molar-refractivity contribution is -0.383. The summed E-state index contributed by atoms with van der Waals surface area (Å²) in [5.74, 6) is 1.47. The fourth-order valence-electron chi connectivity index (χ4n) is 6.72. The van der Waals surface area contributed by atoms with Crippen molar-refractivity contribution in [1.29, 1.82) is 0 Å². The first-order chi connectivity index (χ1) is 13.3. The molecule has 1 aliphatic carbocycles. The number of nitrogens with zero attached hydrogens (tertiary/aromatic N) is 3. The van der Waals surface area contributed by atoms with E-state index < -0.39 is 0 Å². The van der Waals surface area contributed by atoms with Gasteiger partial charge in [-0.05, 0) is 55.9 Å². The first-order valence-corrected chi connectivity index (χ1v) is 10.5. The molecule has 5 rings (SSSR count). The number of non-ortho nitro benzene ring substituents is 1. The second kappa shape index (κ2) is 6.04. The summed E-state index contributed by atoms with van der Waals surface area (Å²) in [6.45, 7) is 6.60. The molecule has 2 aliphatic heterocycles. The minimum Gasteiger partial charge on any atom is -0.393 e. The van der Waals surface area contributed by atoms with E-state index in [9.17, 15) is 15.2 Å². The average Bonchev–Trinajstić information content (AvgIpc) is 2.97. The molecule has 2 fully saturated rings. The number of para-hydroxylation sites is 1. The van der Waals surface area contributed by atoms with E-state index in [1.807, 2.05) is 19.2 Å². The Morgan fingerprint density at radius 1 is 1.32 bits per heavy atom. The van der Waals surface area contributed by atoms with E-state index in [0.717, 1.165) is 49.7 Å². The standard InChI is InChI=1S/C22H29N3O3/c1-13-17-11-22(2)21-16(9-10-24(22)12-14(17)7-8-19(13)26)15-5-4-6-18(25(27)28)20(15)23(21)3/h4-6,13-14,17,19,26H,7-12H2,1-3H3/t13-,14?,17?,19?,22+/m1/s1. The van der Waals surface area contributed by atoms with Gasteiger partial charge in [-0.3, -0.25) is 15.0 Å². The maximum absolute atomic E-state index is 11.7. The zero-order valence-corrected chi connectivity index (χ0v) is 16.9. The number of rotatable bonds is 1. The lowest BCUT2D eigenvalue weighted by Crippen LogP contribution is -2.59. The number of piperidine rings is 1. The van der Waals surface area contributed by atoms with Gasteiger partial charge in [0.05, 0.1) is 16.6 Å². The van der Waals surface area contributed by atoms with Crippen LogP contribution in [-0.4, -0.2) is 38.7 Å². The van der Waals surface area contributed by atoms with E-state index in [-0.39, 0.29) is 22.3 Å². The molecule has 6 heteroatoms. The van der Waals surface area contributed by atoms with Gasteiger partial charge in [0, 0.05) is 37.3 Å². The number of nitro groups is 1. The molecule has 3 unspecified atom stereocenters. The van der Waals surface area contributed by atoms with Crippen molar-refractivity contribution in [2.45, 2.75) is 51.2 Å². The Balaban J connectivity index is 1.68. The van der Waals surface area contributed by atoms with Gasteiger partial charge in [-0.25, -0.2) is 0 Å². The van der Waals surface area contributed by atoms with Crippen molar-refractivity contribution in [1.82, 2.24) is 9.47 Å². The van der Waals surface area contributed by atoms with Crippen LogP contribution in [0.15, 0.2) is 18.2 Å². The zero-order chi connectivity index (χ0) is 19.8. The molecule has 1 N–H and O–H groups in total. The SMILES string of the molecule is C[C@H]1C(O)CCC2CN3CCc4c(n(C)c5c([N+](=O)[O-])cccc45)[C@]3(C)CC21.